The minimum Gasteiger partial charge on any atom is -0.496 e. The summed E-state index contributed by atoms with van der Waals surface area (Å²) in [6.45, 7) is 3.13. The van der Waals surface area contributed by atoms with E-state index in [2.05, 4.69) is 27.9 Å². The van der Waals surface area contributed by atoms with Crippen LogP contribution in [0.4, 0.5) is 15.9 Å². The highest BCUT2D eigenvalue weighted by atomic mass is 35.5. The van der Waals surface area contributed by atoms with Crippen molar-refractivity contribution in [3.05, 3.63) is 69.6 Å². The van der Waals surface area contributed by atoms with Crippen LogP contribution in [0.2, 0.25) is 5.02 Å². The molecular formula is C27H34ClFN6O3. The van der Waals surface area contributed by atoms with Crippen molar-refractivity contribution in [3.63, 3.8) is 0 Å². The standard InChI is InChI=1S/C24H26ClFN4O2.C3H8N2O/c1-13-4-8-17(20(10-13)32-3)14-5-6-15(11-14)22-21(23(27)30(2)29-22)24(31)28-16-7-9-19(26)18(25)12-16;4-1-2-5-3-6/h4,7-10,12,14-15H,5-6,11,27H2,1-3H3,(H,28,31);3H,1-2,4H2,(H,5,6). The number of nitrogen functional groups attached to an aromatic ring is 1. The van der Waals surface area contributed by atoms with Crippen LogP contribution in [0.15, 0.2) is 36.4 Å². The van der Waals surface area contributed by atoms with Gasteiger partial charge in [0.15, 0.2) is 0 Å². The summed E-state index contributed by atoms with van der Waals surface area (Å²) in [5, 5.41) is 9.68. The predicted octanol–water partition coefficient (Wildman–Crippen LogP) is 4.11. The second-order valence-electron chi connectivity index (χ2n) is 9.17. The Morgan fingerprint density at radius 2 is 2.00 bits per heavy atom. The van der Waals surface area contributed by atoms with Crippen LogP contribution in [0.3, 0.4) is 0 Å². The van der Waals surface area contributed by atoms with Gasteiger partial charge in [-0.25, -0.2) is 4.39 Å². The van der Waals surface area contributed by atoms with E-state index in [9.17, 15) is 14.0 Å². The molecule has 2 atom stereocenters. The number of amides is 2. The van der Waals surface area contributed by atoms with E-state index in [1.54, 1.807) is 14.2 Å². The molecule has 3 aromatic rings. The molecule has 0 bridgehead atoms. The second kappa shape index (κ2) is 13.3. The monoisotopic (exact) mass is 544 g/mol. The van der Waals surface area contributed by atoms with Crippen LogP contribution in [-0.2, 0) is 11.8 Å². The lowest BCUT2D eigenvalue weighted by atomic mass is 9.92. The fourth-order valence-electron chi connectivity index (χ4n) is 4.65. The number of nitrogens with two attached hydrogens (primary N) is 2. The largest absolute Gasteiger partial charge is 0.496 e. The molecule has 1 saturated carbocycles. The molecule has 38 heavy (non-hydrogen) atoms. The molecule has 4 rings (SSSR count). The lowest BCUT2D eigenvalue weighted by Crippen LogP contribution is -2.20. The average molecular weight is 545 g/mol. The Balaban J connectivity index is 0.000000599. The Hall–Kier alpha value is -3.63. The molecule has 1 heterocycles. The van der Waals surface area contributed by atoms with Gasteiger partial charge in [0, 0.05) is 31.7 Å². The average Bonchev–Trinajstić information content (AvgIpc) is 3.50. The van der Waals surface area contributed by atoms with E-state index in [0.29, 0.717) is 48.2 Å². The molecule has 1 aliphatic rings. The Morgan fingerprint density at radius 3 is 2.63 bits per heavy atom. The first-order valence-corrected chi connectivity index (χ1v) is 12.7. The third-order valence-corrected chi connectivity index (χ3v) is 6.83. The lowest BCUT2D eigenvalue weighted by Gasteiger charge is -2.16. The Kier molecular flexibility index (Phi) is 10.1. The van der Waals surface area contributed by atoms with Crippen molar-refractivity contribution in [1.29, 1.82) is 0 Å². The molecule has 1 fully saturated rings. The molecule has 2 aromatic carbocycles. The van der Waals surface area contributed by atoms with Gasteiger partial charge < -0.3 is 26.8 Å². The minimum absolute atomic E-state index is 0.0622. The fourth-order valence-corrected chi connectivity index (χ4v) is 4.84. The van der Waals surface area contributed by atoms with Gasteiger partial charge >= 0.3 is 0 Å². The number of benzene rings is 2. The molecule has 0 aliphatic heterocycles. The number of carbonyl (C=O) groups is 2. The van der Waals surface area contributed by atoms with Gasteiger partial charge in [0.2, 0.25) is 6.41 Å². The van der Waals surface area contributed by atoms with E-state index < -0.39 is 5.82 Å². The predicted molar refractivity (Wildman–Crippen MR) is 147 cm³/mol. The molecule has 0 radical (unpaired) electrons. The Bertz CT molecular complexity index is 1280. The number of methoxy groups -OCH3 is 1. The third kappa shape index (κ3) is 6.81. The van der Waals surface area contributed by atoms with Gasteiger partial charge in [0.25, 0.3) is 5.91 Å². The SMILES string of the molecule is COc1cc(C)ccc1C1CCC(c2nn(C)c(N)c2C(=O)Nc2ccc(F)c(Cl)c2)C1.NCCNC=O. The highest BCUT2D eigenvalue weighted by molar-refractivity contribution is 6.31. The second-order valence-corrected chi connectivity index (χ2v) is 9.57. The van der Waals surface area contributed by atoms with Gasteiger partial charge in [0.05, 0.1) is 17.8 Å². The number of aromatic nitrogens is 2. The number of nitrogens with zero attached hydrogens (tertiary/aromatic N) is 2. The molecule has 11 heteroatoms. The number of ether oxygens (including phenoxy) is 1. The first-order chi connectivity index (χ1) is 18.2. The van der Waals surface area contributed by atoms with Crippen molar-refractivity contribution in [2.45, 2.75) is 38.0 Å². The molecule has 1 aliphatic carbocycles. The van der Waals surface area contributed by atoms with Gasteiger partial charge in [0.1, 0.15) is 22.9 Å². The van der Waals surface area contributed by atoms with Gasteiger partial charge in [-0.2, -0.15) is 5.10 Å². The maximum Gasteiger partial charge on any atom is 0.261 e. The zero-order valence-electron chi connectivity index (χ0n) is 21.8. The van der Waals surface area contributed by atoms with E-state index in [1.807, 2.05) is 13.0 Å². The van der Waals surface area contributed by atoms with Crippen molar-refractivity contribution in [3.8, 4) is 5.75 Å². The topological polar surface area (TPSA) is 137 Å². The lowest BCUT2D eigenvalue weighted by molar-refractivity contribution is -0.109. The van der Waals surface area contributed by atoms with Crippen molar-refractivity contribution in [2.24, 2.45) is 12.8 Å². The minimum atomic E-state index is -0.547. The molecule has 0 spiro atoms. The maximum atomic E-state index is 13.5. The third-order valence-electron chi connectivity index (χ3n) is 6.54. The van der Waals surface area contributed by atoms with Gasteiger partial charge in [-0.1, -0.05) is 23.7 Å². The molecule has 6 N–H and O–H groups in total. The number of rotatable bonds is 8. The highest BCUT2D eigenvalue weighted by Crippen LogP contribution is 2.47. The number of halogens is 2. The molecule has 0 saturated heterocycles. The summed E-state index contributed by atoms with van der Waals surface area (Å²) in [5.74, 6) is 0.654. The number of nitrogens with one attached hydrogen (secondary N) is 2. The molecule has 9 nitrogen and oxygen atoms in total. The molecule has 2 amide bonds. The quantitative estimate of drug-likeness (QED) is 0.249. The van der Waals surface area contributed by atoms with Gasteiger partial charge in [-0.05, 0) is 67.5 Å². The Labute approximate surface area is 226 Å². The number of hydrogen-bond acceptors (Lipinski definition) is 6. The zero-order chi connectivity index (χ0) is 27.8. The van der Waals surface area contributed by atoms with Gasteiger partial charge in [-0.3, -0.25) is 14.3 Å². The van der Waals surface area contributed by atoms with E-state index >= 15 is 0 Å². The maximum absolute atomic E-state index is 13.5. The highest BCUT2D eigenvalue weighted by Gasteiger charge is 2.34. The summed E-state index contributed by atoms with van der Waals surface area (Å²) in [7, 11) is 3.41. The van der Waals surface area contributed by atoms with E-state index in [-0.39, 0.29) is 16.8 Å². The molecule has 2 unspecified atom stereocenters. The number of carbonyl (C=O) groups excluding carboxylic acids is 2. The van der Waals surface area contributed by atoms with E-state index in [4.69, 9.17) is 27.8 Å². The summed E-state index contributed by atoms with van der Waals surface area (Å²) in [6.07, 6.45) is 3.33. The van der Waals surface area contributed by atoms with Crippen molar-refractivity contribution < 1.29 is 18.7 Å². The Morgan fingerprint density at radius 1 is 1.26 bits per heavy atom. The van der Waals surface area contributed by atoms with Crippen molar-refractivity contribution >= 4 is 35.4 Å². The van der Waals surface area contributed by atoms with E-state index in [1.165, 1.54) is 28.4 Å². The van der Waals surface area contributed by atoms with Crippen molar-refractivity contribution in [2.75, 3.05) is 31.2 Å². The normalized spacial score (nSPS) is 16.4. The van der Waals surface area contributed by atoms with Crippen molar-refractivity contribution in [1.82, 2.24) is 15.1 Å². The summed E-state index contributed by atoms with van der Waals surface area (Å²) in [6, 6.07) is 10.3. The van der Waals surface area contributed by atoms with E-state index in [0.717, 1.165) is 30.6 Å². The number of anilines is 2. The van der Waals surface area contributed by atoms with Crippen LogP contribution >= 0.6 is 11.6 Å². The first-order valence-electron chi connectivity index (χ1n) is 12.3. The van der Waals surface area contributed by atoms with Crippen LogP contribution < -0.4 is 26.8 Å². The zero-order valence-corrected chi connectivity index (χ0v) is 22.5. The molecule has 1 aromatic heterocycles. The fraction of sp³-hybridized carbons (Fsp3) is 0.370. The summed E-state index contributed by atoms with van der Waals surface area (Å²) < 4.78 is 20.6. The van der Waals surface area contributed by atoms with Crippen LogP contribution in [0.25, 0.3) is 0 Å². The summed E-state index contributed by atoms with van der Waals surface area (Å²) in [5.41, 5.74) is 15.0. The van der Waals surface area contributed by atoms with Gasteiger partial charge in [-0.15, -0.1) is 0 Å². The molecule has 204 valence electrons. The van der Waals surface area contributed by atoms with Crippen LogP contribution in [0.1, 0.15) is 58.3 Å². The van der Waals surface area contributed by atoms with Crippen LogP contribution in [0, 0.1) is 12.7 Å². The number of aryl methyl sites for hydroxylation is 2. The first kappa shape index (κ1) is 28.9. The summed E-state index contributed by atoms with van der Waals surface area (Å²) >= 11 is 5.84. The van der Waals surface area contributed by atoms with Crippen LogP contribution in [0.5, 0.6) is 5.75 Å². The number of hydrogen-bond donors (Lipinski definition) is 4. The summed E-state index contributed by atoms with van der Waals surface area (Å²) in [4.78, 5) is 22.5. The van der Waals surface area contributed by atoms with Crippen LogP contribution in [-0.4, -0.2) is 42.3 Å². The smallest absolute Gasteiger partial charge is 0.261 e. The molecular weight excluding hydrogens is 511 g/mol.